The Kier molecular flexibility index (Phi) is 6.26. The van der Waals surface area contributed by atoms with Gasteiger partial charge in [0.15, 0.2) is 0 Å². The van der Waals surface area contributed by atoms with Gasteiger partial charge in [-0.25, -0.2) is 4.79 Å². The van der Waals surface area contributed by atoms with Crippen LogP contribution in [-0.2, 0) is 14.3 Å². The molecule has 3 atom stereocenters. The normalized spacial score (nSPS) is 21.8. The fourth-order valence-corrected chi connectivity index (χ4v) is 5.96. The van der Waals surface area contributed by atoms with Gasteiger partial charge in [-0.05, 0) is 46.9 Å². The molecule has 2 N–H and O–H groups in total. The number of carbonyl (C=O) groups is 3. The maximum atomic E-state index is 13.1. The van der Waals surface area contributed by atoms with E-state index in [2.05, 4.69) is 17.4 Å². The van der Waals surface area contributed by atoms with E-state index in [1.165, 1.54) is 12.8 Å². The van der Waals surface area contributed by atoms with Gasteiger partial charge in [0.25, 0.3) is 0 Å². The Morgan fingerprint density at radius 3 is 2.06 bits per heavy atom. The maximum Gasteiger partial charge on any atom is 0.407 e. The summed E-state index contributed by atoms with van der Waals surface area (Å²) in [5.74, 6) is -0.594. The van der Waals surface area contributed by atoms with E-state index in [0.29, 0.717) is 24.9 Å². The van der Waals surface area contributed by atoms with Crippen molar-refractivity contribution in [2.45, 2.75) is 44.1 Å². The van der Waals surface area contributed by atoms with E-state index in [4.69, 9.17) is 4.74 Å². The van der Waals surface area contributed by atoms with Crippen LogP contribution in [0.15, 0.2) is 48.5 Å². The van der Waals surface area contributed by atoms with E-state index in [1.54, 1.807) is 4.90 Å². The molecule has 2 aromatic carbocycles. The molecule has 1 unspecified atom stereocenters. The third-order valence-corrected chi connectivity index (χ3v) is 7.60. The molecule has 0 radical (unpaired) electrons. The van der Waals surface area contributed by atoms with Gasteiger partial charge in [0.05, 0.1) is 6.42 Å². The van der Waals surface area contributed by atoms with Crippen LogP contribution in [-0.4, -0.2) is 53.7 Å². The van der Waals surface area contributed by atoms with Gasteiger partial charge in [-0.1, -0.05) is 61.4 Å². The molecule has 2 aromatic rings. The first-order valence-electron chi connectivity index (χ1n) is 12.1. The van der Waals surface area contributed by atoms with Gasteiger partial charge >= 0.3 is 12.1 Å². The summed E-state index contributed by atoms with van der Waals surface area (Å²) in [5.41, 5.74) is 4.44. The van der Waals surface area contributed by atoms with E-state index in [-0.39, 0.29) is 18.4 Å². The summed E-state index contributed by atoms with van der Waals surface area (Å²) in [6, 6.07) is 15.0. The first-order valence-corrected chi connectivity index (χ1v) is 12.1. The van der Waals surface area contributed by atoms with Crippen LogP contribution >= 0.6 is 0 Å². The molecular weight excluding hydrogens is 432 g/mol. The summed E-state index contributed by atoms with van der Waals surface area (Å²) in [6.45, 7) is 1.40. The van der Waals surface area contributed by atoms with Crippen molar-refractivity contribution in [2.24, 2.45) is 11.8 Å². The quantitative estimate of drug-likeness (QED) is 0.676. The molecular formula is C27H30N2O5. The van der Waals surface area contributed by atoms with Gasteiger partial charge in [0.2, 0.25) is 5.91 Å². The zero-order valence-corrected chi connectivity index (χ0v) is 19.1. The van der Waals surface area contributed by atoms with Gasteiger partial charge in [-0.3, -0.25) is 9.59 Å². The minimum Gasteiger partial charge on any atom is -0.481 e. The average Bonchev–Trinajstić information content (AvgIpc) is 3.41. The zero-order valence-electron chi connectivity index (χ0n) is 19.1. The summed E-state index contributed by atoms with van der Waals surface area (Å²) in [4.78, 5) is 39.0. The molecule has 2 fully saturated rings. The molecule has 3 aliphatic rings. The van der Waals surface area contributed by atoms with Gasteiger partial charge in [0.1, 0.15) is 12.6 Å². The Morgan fingerprint density at radius 2 is 1.50 bits per heavy atom. The molecule has 34 heavy (non-hydrogen) atoms. The standard InChI is InChI=1S/C27H30N2O5/c30-25(31)13-24(26(32)29-14-17-7-1-2-8-18(17)15-29)28-27(33)34-16-23-21-11-5-3-9-19(21)20-10-4-6-12-22(20)23/h3-6,9-12,17-18,23-24H,1-2,7-8,13-16H2,(H,28,33)(H,30,31)/t17-,18+,24?. The Labute approximate surface area is 199 Å². The van der Waals surface area contributed by atoms with Crippen molar-refractivity contribution in [2.75, 3.05) is 19.7 Å². The zero-order chi connectivity index (χ0) is 23.7. The molecule has 5 rings (SSSR count). The number of likely N-dealkylation sites (tertiary alicyclic amines) is 1. The topological polar surface area (TPSA) is 95.9 Å². The highest BCUT2D eigenvalue weighted by Crippen LogP contribution is 2.44. The van der Waals surface area contributed by atoms with Crippen LogP contribution in [0.2, 0.25) is 0 Å². The number of carboxylic acid groups (broad SMARTS) is 1. The maximum absolute atomic E-state index is 13.1. The fourth-order valence-electron chi connectivity index (χ4n) is 5.96. The second-order valence-corrected chi connectivity index (χ2v) is 9.67. The molecule has 178 valence electrons. The van der Waals surface area contributed by atoms with Crippen LogP contribution in [0, 0.1) is 11.8 Å². The fraction of sp³-hybridized carbons (Fsp3) is 0.444. The van der Waals surface area contributed by atoms with Crippen LogP contribution in [0.5, 0.6) is 0 Å². The van der Waals surface area contributed by atoms with Gasteiger partial charge < -0.3 is 20.1 Å². The van der Waals surface area contributed by atoms with Gasteiger partial charge in [-0.2, -0.15) is 0 Å². The minimum absolute atomic E-state index is 0.103. The molecule has 2 aliphatic carbocycles. The van der Waals surface area contributed by atoms with Crippen molar-refractivity contribution >= 4 is 18.0 Å². The second-order valence-electron chi connectivity index (χ2n) is 9.67. The Hall–Kier alpha value is -3.35. The smallest absolute Gasteiger partial charge is 0.407 e. The first-order chi connectivity index (χ1) is 16.5. The lowest BCUT2D eigenvalue weighted by Crippen LogP contribution is -2.49. The number of alkyl carbamates (subject to hydrolysis) is 1. The Bertz CT molecular complexity index is 1040. The largest absolute Gasteiger partial charge is 0.481 e. The highest BCUT2D eigenvalue weighted by Gasteiger charge is 2.39. The number of benzene rings is 2. The Balaban J connectivity index is 1.24. The molecule has 1 saturated heterocycles. The predicted octanol–water partition coefficient (Wildman–Crippen LogP) is 4.02. The number of hydrogen-bond acceptors (Lipinski definition) is 4. The van der Waals surface area contributed by atoms with Crippen molar-refractivity contribution in [1.29, 1.82) is 0 Å². The molecule has 2 amide bonds. The second kappa shape index (κ2) is 9.49. The van der Waals surface area contributed by atoms with Gasteiger partial charge in [0, 0.05) is 19.0 Å². The van der Waals surface area contributed by atoms with Crippen molar-refractivity contribution in [3.05, 3.63) is 59.7 Å². The van der Waals surface area contributed by atoms with Crippen molar-refractivity contribution < 1.29 is 24.2 Å². The van der Waals surface area contributed by atoms with Crippen LogP contribution in [0.1, 0.15) is 49.1 Å². The van der Waals surface area contributed by atoms with E-state index in [9.17, 15) is 19.5 Å². The number of nitrogens with one attached hydrogen (secondary N) is 1. The van der Waals surface area contributed by atoms with E-state index in [0.717, 1.165) is 35.1 Å². The van der Waals surface area contributed by atoms with Crippen LogP contribution < -0.4 is 5.32 Å². The van der Waals surface area contributed by atoms with Crippen LogP contribution in [0.25, 0.3) is 11.1 Å². The molecule has 7 nitrogen and oxygen atoms in total. The molecule has 0 bridgehead atoms. The first kappa shape index (κ1) is 22.4. The van der Waals surface area contributed by atoms with Gasteiger partial charge in [-0.15, -0.1) is 0 Å². The molecule has 1 heterocycles. The number of fused-ring (bicyclic) bond motifs is 4. The number of carbonyl (C=O) groups excluding carboxylic acids is 2. The number of amides is 2. The highest BCUT2D eigenvalue weighted by atomic mass is 16.5. The van der Waals surface area contributed by atoms with E-state index in [1.807, 2.05) is 36.4 Å². The number of nitrogens with zero attached hydrogens (tertiary/aromatic N) is 1. The lowest BCUT2D eigenvalue weighted by Gasteiger charge is -2.23. The summed E-state index contributed by atoms with van der Waals surface area (Å²) >= 11 is 0. The number of carboxylic acids is 1. The summed E-state index contributed by atoms with van der Waals surface area (Å²) in [6.07, 6.45) is 3.35. The van der Waals surface area contributed by atoms with Crippen LogP contribution in [0.4, 0.5) is 4.79 Å². The molecule has 1 saturated carbocycles. The number of ether oxygens (including phenoxy) is 1. The summed E-state index contributed by atoms with van der Waals surface area (Å²) < 4.78 is 5.55. The molecule has 0 spiro atoms. The predicted molar refractivity (Wildman–Crippen MR) is 126 cm³/mol. The van der Waals surface area contributed by atoms with E-state index < -0.39 is 24.5 Å². The third-order valence-electron chi connectivity index (χ3n) is 7.60. The molecule has 0 aromatic heterocycles. The lowest BCUT2D eigenvalue weighted by atomic mass is 9.82. The summed E-state index contributed by atoms with van der Waals surface area (Å²) in [5, 5.41) is 11.9. The summed E-state index contributed by atoms with van der Waals surface area (Å²) in [7, 11) is 0. The SMILES string of the molecule is O=C(O)CC(NC(=O)OCC1c2ccccc2-c2ccccc21)C(=O)N1C[C@H]2CCCC[C@H]2C1. The Morgan fingerprint density at radius 1 is 0.941 bits per heavy atom. The average molecular weight is 463 g/mol. The highest BCUT2D eigenvalue weighted by molar-refractivity contribution is 5.89. The number of aliphatic carboxylic acids is 1. The van der Waals surface area contributed by atoms with Crippen molar-refractivity contribution in [3.8, 4) is 11.1 Å². The number of rotatable bonds is 6. The lowest BCUT2D eigenvalue weighted by molar-refractivity contribution is -0.142. The number of hydrogen-bond donors (Lipinski definition) is 2. The monoisotopic (exact) mass is 462 g/mol. The van der Waals surface area contributed by atoms with Crippen molar-refractivity contribution in [1.82, 2.24) is 10.2 Å². The van der Waals surface area contributed by atoms with E-state index >= 15 is 0 Å². The van der Waals surface area contributed by atoms with Crippen LogP contribution in [0.3, 0.4) is 0 Å². The third kappa shape index (κ3) is 4.39. The minimum atomic E-state index is -1.13. The van der Waals surface area contributed by atoms with Crippen molar-refractivity contribution in [3.63, 3.8) is 0 Å². The molecule has 1 aliphatic heterocycles. The molecule has 7 heteroatoms.